The van der Waals surface area contributed by atoms with Gasteiger partial charge in [-0.3, -0.25) is 0 Å². The molecule has 2 rings (SSSR count). The molecule has 0 bridgehead atoms. The number of ether oxygens (including phenoxy) is 4. The van der Waals surface area contributed by atoms with Crippen LogP contribution in [0.15, 0.2) is 42.5 Å². The van der Waals surface area contributed by atoms with Crippen molar-refractivity contribution in [2.24, 2.45) is 0 Å². The van der Waals surface area contributed by atoms with Crippen LogP contribution in [-0.2, 0) is 14.3 Å². The molecule has 2 aromatic rings. The number of esters is 1. The molecule has 1 N–H and O–H groups in total. The Morgan fingerprint density at radius 1 is 1.11 bits per heavy atom. The first kappa shape index (κ1) is 21.2. The zero-order valence-electron chi connectivity index (χ0n) is 16.4. The number of carbonyl (C=O) groups is 2. The highest BCUT2D eigenvalue weighted by atomic mass is 16.6. The molecule has 0 aromatic heterocycles. The number of amides is 1. The molecule has 28 heavy (non-hydrogen) atoms. The lowest BCUT2D eigenvalue weighted by Crippen LogP contribution is -2.30. The van der Waals surface area contributed by atoms with E-state index in [1.165, 1.54) is 0 Å². The third kappa shape index (κ3) is 5.72. The lowest BCUT2D eigenvalue weighted by molar-refractivity contribution is -0.140. The van der Waals surface area contributed by atoms with E-state index < -0.39 is 12.1 Å². The minimum absolute atomic E-state index is 0.132. The lowest BCUT2D eigenvalue weighted by Gasteiger charge is -2.14. The van der Waals surface area contributed by atoms with Gasteiger partial charge in [0.15, 0.2) is 0 Å². The second kappa shape index (κ2) is 10.3. The van der Waals surface area contributed by atoms with Gasteiger partial charge >= 0.3 is 12.1 Å². The Bertz CT molecular complexity index is 861. The highest BCUT2D eigenvalue weighted by molar-refractivity contribution is 5.95. The highest BCUT2D eigenvalue weighted by Crippen LogP contribution is 2.36. The molecule has 0 aliphatic heterocycles. The van der Waals surface area contributed by atoms with Crippen molar-refractivity contribution < 1.29 is 28.5 Å². The van der Waals surface area contributed by atoms with E-state index in [1.807, 2.05) is 37.3 Å². The lowest BCUT2D eigenvalue weighted by atomic mass is 10.0. The SMILES string of the molecule is C=C(C)C(=O)OCCOCCNC(=O)Oc1c(C)cc(OC)c2ccccc12. The van der Waals surface area contributed by atoms with Crippen LogP contribution in [0, 0.1) is 6.92 Å². The van der Waals surface area contributed by atoms with E-state index in [0.29, 0.717) is 11.3 Å². The molecular formula is C21H25NO6. The maximum absolute atomic E-state index is 12.1. The molecule has 0 heterocycles. The fourth-order valence-electron chi connectivity index (χ4n) is 2.53. The molecule has 2 aromatic carbocycles. The van der Waals surface area contributed by atoms with E-state index in [2.05, 4.69) is 11.9 Å². The van der Waals surface area contributed by atoms with E-state index in [1.54, 1.807) is 14.0 Å². The fourth-order valence-corrected chi connectivity index (χ4v) is 2.53. The number of fused-ring (bicyclic) bond motifs is 1. The Kier molecular flexibility index (Phi) is 7.83. The Balaban J connectivity index is 1.82. The Hall–Kier alpha value is -3.06. The van der Waals surface area contributed by atoms with Gasteiger partial charge < -0.3 is 24.3 Å². The number of hydrogen-bond acceptors (Lipinski definition) is 6. The number of aryl methyl sites for hydroxylation is 1. The third-order valence-corrected chi connectivity index (χ3v) is 3.88. The molecule has 0 aliphatic carbocycles. The molecule has 0 aliphatic rings. The fraction of sp³-hybridized carbons (Fsp3) is 0.333. The second-order valence-corrected chi connectivity index (χ2v) is 6.12. The van der Waals surface area contributed by atoms with Crippen LogP contribution < -0.4 is 14.8 Å². The number of nitrogens with one attached hydrogen (secondary N) is 1. The zero-order chi connectivity index (χ0) is 20.5. The first-order chi connectivity index (χ1) is 13.4. The topological polar surface area (TPSA) is 83.1 Å². The summed E-state index contributed by atoms with van der Waals surface area (Å²) in [4.78, 5) is 23.3. The molecule has 0 spiro atoms. The van der Waals surface area contributed by atoms with Crippen LogP contribution in [0.2, 0.25) is 0 Å². The van der Waals surface area contributed by atoms with Gasteiger partial charge in [-0.2, -0.15) is 0 Å². The molecule has 7 nitrogen and oxygen atoms in total. The van der Waals surface area contributed by atoms with Crippen LogP contribution >= 0.6 is 0 Å². The summed E-state index contributed by atoms with van der Waals surface area (Å²) < 4.78 is 21.1. The van der Waals surface area contributed by atoms with E-state index in [0.717, 1.165) is 22.1 Å². The molecule has 150 valence electrons. The molecular weight excluding hydrogens is 362 g/mol. The van der Waals surface area contributed by atoms with Gasteiger partial charge in [0.25, 0.3) is 0 Å². The van der Waals surface area contributed by atoms with Gasteiger partial charge in [-0.25, -0.2) is 9.59 Å². The smallest absolute Gasteiger partial charge is 0.412 e. The Morgan fingerprint density at radius 3 is 2.50 bits per heavy atom. The van der Waals surface area contributed by atoms with Crippen LogP contribution in [0.1, 0.15) is 12.5 Å². The van der Waals surface area contributed by atoms with Crippen LogP contribution in [0.4, 0.5) is 4.79 Å². The summed E-state index contributed by atoms with van der Waals surface area (Å²) in [5.74, 6) is 0.760. The molecule has 0 atom stereocenters. The summed E-state index contributed by atoms with van der Waals surface area (Å²) in [5, 5.41) is 4.29. The quantitative estimate of drug-likeness (QED) is 0.403. The Labute approximate surface area is 164 Å². The molecule has 0 saturated carbocycles. The van der Waals surface area contributed by atoms with E-state index in [-0.39, 0.29) is 26.4 Å². The third-order valence-electron chi connectivity index (χ3n) is 3.88. The van der Waals surface area contributed by atoms with Crippen molar-refractivity contribution in [1.29, 1.82) is 0 Å². The first-order valence-corrected chi connectivity index (χ1v) is 8.86. The van der Waals surface area contributed by atoms with Crippen molar-refractivity contribution in [1.82, 2.24) is 5.32 Å². The summed E-state index contributed by atoms with van der Waals surface area (Å²) >= 11 is 0. The molecule has 7 heteroatoms. The summed E-state index contributed by atoms with van der Waals surface area (Å²) in [5.41, 5.74) is 1.13. The van der Waals surface area contributed by atoms with Gasteiger partial charge in [-0.1, -0.05) is 30.8 Å². The molecule has 0 unspecified atom stereocenters. The largest absolute Gasteiger partial charge is 0.496 e. The van der Waals surface area contributed by atoms with Crippen LogP contribution in [0.3, 0.4) is 0 Å². The summed E-state index contributed by atoms with van der Waals surface area (Å²) in [7, 11) is 1.61. The minimum atomic E-state index is -0.573. The summed E-state index contributed by atoms with van der Waals surface area (Å²) in [6.07, 6.45) is -0.573. The van der Waals surface area contributed by atoms with Gasteiger partial charge in [-0.05, 0) is 25.5 Å². The first-order valence-electron chi connectivity index (χ1n) is 8.86. The average molecular weight is 387 g/mol. The van der Waals surface area contributed by atoms with E-state index >= 15 is 0 Å². The summed E-state index contributed by atoms with van der Waals surface area (Å²) in [6, 6.07) is 9.39. The number of rotatable bonds is 9. The van der Waals surface area contributed by atoms with Crippen LogP contribution in [-0.4, -0.2) is 45.5 Å². The van der Waals surface area contributed by atoms with Crippen molar-refractivity contribution in [2.45, 2.75) is 13.8 Å². The van der Waals surface area contributed by atoms with Gasteiger partial charge in [0.2, 0.25) is 0 Å². The van der Waals surface area contributed by atoms with Crippen molar-refractivity contribution in [3.8, 4) is 11.5 Å². The number of carbonyl (C=O) groups excluding carboxylic acids is 2. The van der Waals surface area contributed by atoms with Crippen LogP contribution in [0.5, 0.6) is 11.5 Å². The number of benzene rings is 2. The van der Waals surface area contributed by atoms with E-state index in [9.17, 15) is 9.59 Å². The van der Waals surface area contributed by atoms with E-state index in [4.69, 9.17) is 18.9 Å². The van der Waals surface area contributed by atoms with Crippen LogP contribution in [0.25, 0.3) is 10.8 Å². The highest BCUT2D eigenvalue weighted by Gasteiger charge is 2.14. The monoisotopic (exact) mass is 387 g/mol. The standard InChI is InChI=1S/C21H25NO6/c1-14(2)20(23)27-12-11-26-10-9-22-21(24)28-19-15(3)13-18(25-4)16-7-5-6-8-17(16)19/h5-8,13H,1,9-12H2,2-4H3,(H,22,24). The maximum Gasteiger partial charge on any atom is 0.412 e. The maximum atomic E-state index is 12.1. The minimum Gasteiger partial charge on any atom is -0.496 e. The summed E-state index contributed by atoms with van der Waals surface area (Å²) in [6.45, 7) is 7.81. The van der Waals surface area contributed by atoms with Crippen molar-refractivity contribution >= 4 is 22.8 Å². The van der Waals surface area contributed by atoms with Gasteiger partial charge in [-0.15, -0.1) is 0 Å². The number of methoxy groups -OCH3 is 1. The Morgan fingerprint density at radius 2 is 1.82 bits per heavy atom. The van der Waals surface area contributed by atoms with Crippen molar-refractivity contribution in [3.63, 3.8) is 0 Å². The van der Waals surface area contributed by atoms with Crippen molar-refractivity contribution in [3.05, 3.63) is 48.0 Å². The normalized spacial score (nSPS) is 10.4. The number of hydrogen-bond donors (Lipinski definition) is 1. The predicted octanol–water partition coefficient (Wildman–Crippen LogP) is 3.38. The molecule has 1 amide bonds. The zero-order valence-corrected chi connectivity index (χ0v) is 16.4. The van der Waals surface area contributed by atoms with Crippen molar-refractivity contribution in [2.75, 3.05) is 33.5 Å². The van der Waals surface area contributed by atoms with Gasteiger partial charge in [0.05, 0.1) is 20.3 Å². The molecule has 0 radical (unpaired) electrons. The van der Waals surface area contributed by atoms with Gasteiger partial charge in [0, 0.05) is 22.9 Å². The molecule has 0 saturated heterocycles. The average Bonchev–Trinajstić information content (AvgIpc) is 2.68. The van der Waals surface area contributed by atoms with Gasteiger partial charge in [0.1, 0.15) is 18.1 Å². The predicted molar refractivity (Wildman–Crippen MR) is 106 cm³/mol. The second-order valence-electron chi connectivity index (χ2n) is 6.12. The molecule has 0 fully saturated rings.